The second-order valence-corrected chi connectivity index (χ2v) is 5.62. The van der Waals surface area contributed by atoms with E-state index in [1.807, 2.05) is 6.92 Å². The Morgan fingerprint density at radius 3 is 2.53 bits per heavy atom. The van der Waals surface area contributed by atoms with E-state index in [2.05, 4.69) is 12.2 Å². The lowest BCUT2D eigenvalue weighted by molar-refractivity contribution is -0.142. The van der Waals surface area contributed by atoms with Crippen LogP contribution in [0.15, 0.2) is 0 Å². The van der Waals surface area contributed by atoms with Crippen molar-refractivity contribution >= 4 is 11.8 Å². The molecule has 2 atom stereocenters. The van der Waals surface area contributed by atoms with E-state index in [-0.39, 0.29) is 24.3 Å². The van der Waals surface area contributed by atoms with E-state index >= 15 is 0 Å². The second-order valence-electron chi connectivity index (χ2n) is 5.62. The van der Waals surface area contributed by atoms with Crippen LogP contribution in [0.4, 0.5) is 0 Å². The van der Waals surface area contributed by atoms with Gasteiger partial charge >= 0.3 is 0 Å². The van der Waals surface area contributed by atoms with Crippen molar-refractivity contribution in [2.24, 2.45) is 5.92 Å². The van der Waals surface area contributed by atoms with Crippen molar-refractivity contribution in [3.05, 3.63) is 0 Å². The van der Waals surface area contributed by atoms with E-state index in [1.165, 1.54) is 0 Å². The third-order valence-electron chi connectivity index (χ3n) is 3.60. The molecule has 1 rings (SSSR count). The normalized spacial score (nSPS) is 22.9. The minimum absolute atomic E-state index is 0.0104. The number of rotatable bonds is 5. The van der Waals surface area contributed by atoms with Gasteiger partial charge in [0.2, 0.25) is 11.8 Å². The first kappa shape index (κ1) is 16.0. The van der Waals surface area contributed by atoms with E-state index in [0.29, 0.717) is 12.6 Å². The SMILES string of the molecule is CCCN(CC(=O)N(C)C)C(=O)[C@H]1CCN[C@@H](C)C1. The fraction of sp³-hybridized carbons (Fsp3) is 0.857. The van der Waals surface area contributed by atoms with Crippen LogP contribution in [0, 0.1) is 5.92 Å². The Kier molecular flexibility index (Phi) is 6.28. The predicted octanol–water partition coefficient (Wildman–Crippen LogP) is 0.701. The smallest absolute Gasteiger partial charge is 0.241 e. The zero-order valence-electron chi connectivity index (χ0n) is 12.6. The summed E-state index contributed by atoms with van der Waals surface area (Å²) in [7, 11) is 3.45. The zero-order valence-corrected chi connectivity index (χ0v) is 12.6. The second kappa shape index (κ2) is 7.48. The Bertz CT molecular complexity index is 318. The first-order chi connectivity index (χ1) is 8.95. The van der Waals surface area contributed by atoms with Crippen molar-refractivity contribution in [2.45, 2.75) is 39.2 Å². The monoisotopic (exact) mass is 269 g/mol. The summed E-state index contributed by atoms with van der Waals surface area (Å²) in [6.07, 6.45) is 2.63. The van der Waals surface area contributed by atoms with Crippen molar-refractivity contribution in [3.8, 4) is 0 Å². The number of nitrogens with one attached hydrogen (secondary N) is 1. The maximum Gasteiger partial charge on any atom is 0.241 e. The van der Waals surface area contributed by atoms with E-state index < -0.39 is 0 Å². The van der Waals surface area contributed by atoms with Crippen LogP contribution in [0.5, 0.6) is 0 Å². The molecule has 0 aromatic carbocycles. The molecule has 0 saturated carbocycles. The Morgan fingerprint density at radius 1 is 1.32 bits per heavy atom. The summed E-state index contributed by atoms with van der Waals surface area (Å²) in [6, 6.07) is 0.385. The lowest BCUT2D eigenvalue weighted by atomic mass is 9.92. The highest BCUT2D eigenvalue weighted by Gasteiger charge is 2.29. The van der Waals surface area contributed by atoms with Gasteiger partial charge in [0.15, 0.2) is 0 Å². The van der Waals surface area contributed by atoms with Gasteiger partial charge in [-0.15, -0.1) is 0 Å². The molecule has 5 heteroatoms. The van der Waals surface area contributed by atoms with Crippen LogP contribution in [-0.4, -0.2) is 61.4 Å². The molecule has 110 valence electrons. The summed E-state index contributed by atoms with van der Waals surface area (Å²) in [4.78, 5) is 27.6. The largest absolute Gasteiger partial charge is 0.347 e. The van der Waals surface area contributed by atoms with E-state index in [9.17, 15) is 9.59 Å². The Hall–Kier alpha value is -1.10. The molecule has 1 N–H and O–H groups in total. The molecule has 1 heterocycles. The topological polar surface area (TPSA) is 52.7 Å². The molecule has 0 unspecified atom stereocenters. The number of nitrogens with zero attached hydrogens (tertiary/aromatic N) is 2. The summed E-state index contributed by atoms with van der Waals surface area (Å²) >= 11 is 0. The molecule has 1 saturated heterocycles. The molecule has 0 aromatic rings. The van der Waals surface area contributed by atoms with Gasteiger partial charge in [0.05, 0.1) is 6.54 Å². The number of amides is 2. The number of hydrogen-bond acceptors (Lipinski definition) is 3. The van der Waals surface area contributed by atoms with Crippen LogP contribution in [-0.2, 0) is 9.59 Å². The molecule has 5 nitrogen and oxygen atoms in total. The van der Waals surface area contributed by atoms with Crippen LogP contribution in [0.25, 0.3) is 0 Å². The van der Waals surface area contributed by atoms with Crippen molar-refractivity contribution in [3.63, 3.8) is 0 Å². The molecule has 0 spiro atoms. The molecule has 0 aliphatic carbocycles. The van der Waals surface area contributed by atoms with Crippen LogP contribution in [0.3, 0.4) is 0 Å². The molecule has 19 heavy (non-hydrogen) atoms. The third-order valence-corrected chi connectivity index (χ3v) is 3.60. The average Bonchev–Trinajstić information content (AvgIpc) is 2.37. The number of likely N-dealkylation sites (N-methyl/N-ethyl adjacent to an activating group) is 1. The standard InChI is InChI=1S/C14H27N3O2/c1-5-8-17(10-13(18)16(3)4)14(19)12-6-7-15-11(2)9-12/h11-12,15H,5-10H2,1-4H3/t11-,12-/m0/s1. The molecular formula is C14H27N3O2. The molecule has 0 aromatic heterocycles. The Morgan fingerprint density at radius 2 is 2.00 bits per heavy atom. The van der Waals surface area contributed by atoms with Crippen molar-refractivity contribution in [2.75, 3.05) is 33.7 Å². The van der Waals surface area contributed by atoms with Gasteiger partial charge in [0.25, 0.3) is 0 Å². The van der Waals surface area contributed by atoms with E-state index in [4.69, 9.17) is 0 Å². The molecule has 2 amide bonds. The quantitative estimate of drug-likeness (QED) is 0.799. The predicted molar refractivity (Wildman–Crippen MR) is 75.8 cm³/mol. The minimum atomic E-state index is -0.0104. The van der Waals surface area contributed by atoms with E-state index in [0.717, 1.165) is 25.8 Å². The first-order valence-electron chi connectivity index (χ1n) is 7.18. The number of carbonyl (C=O) groups is 2. The highest BCUT2D eigenvalue weighted by molar-refractivity contribution is 5.85. The molecule has 1 aliphatic rings. The van der Waals surface area contributed by atoms with Gasteiger partial charge in [-0.25, -0.2) is 0 Å². The van der Waals surface area contributed by atoms with Crippen molar-refractivity contribution in [1.82, 2.24) is 15.1 Å². The minimum Gasteiger partial charge on any atom is -0.347 e. The van der Waals surface area contributed by atoms with Gasteiger partial charge in [-0.05, 0) is 32.7 Å². The Labute approximate surface area is 116 Å². The number of piperidine rings is 1. The van der Waals surface area contributed by atoms with E-state index in [1.54, 1.807) is 23.9 Å². The number of carbonyl (C=O) groups excluding carboxylic acids is 2. The van der Waals surface area contributed by atoms with Crippen molar-refractivity contribution < 1.29 is 9.59 Å². The van der Waals surface area contributed by atoms with Gasteiger partial charge in [-0.2, -0.15) is 0 Å². The summed E-state index contributed by atoms with van der Waals surface area (Å²) in [5, 5.41) is 3.35. The van der Waals surface area contributed by atoms with Gasteiger partial charge in [-0.1, -0.05) is 6.92 Å². The molecular weight excluding hydrogens is 242 g/mol. The highest BCUT2D eigenvalue weighted by atomic mass is 16.2. The van der Waals surface area contributed by atoms with Crippen LogP contribution in [0.1, 0.15) is 33.1 Å². The lowest BCUT2D eigenvalue weighted by Crippen LogP contribution is -2.47. The summed E-state index contributed by atoms with van der Waals surface area (Å²) < 4.78 is 0. The van der Waals surface area contributed by atoms with Crippen LogP contribution < -0.4 is 5.32 Å². The maximum absolute atomic E-state index is 12.5. The van der Waals surface area contributed by atoms with Crippen LogP contribution in [0.2, 0.25) is 0 Å². The average molecular weight is 269 g/mol. The van der Waals surface area contributed by atoms with Crippen molar-refractivity contribution in [1.29, 1.82) is 0 Å². The van der Waals surface area contributed by atoms with Gasteiger partial charge in [-0.3, -0.25) is 9.59 Å². The van der Waals surface area contributed by atoms with Gasteiger partial charge in [0.1, 0.15) is 0 Å². The fourth-order valence-electron chi connectivity index (χ4n) is 2.46. The Balaban J connectivity index is 2.63. The first-order valence-corrected chi connectivity index (χ1v) is 7.18. The zero-order chi connectivity index (χ0) is 14.4. The number of hydrogen-bond donors (Lipinski definition) is 1. The molecule has 0 radical (unpaired) electrons. The van der Waals surface area contributed by atoms with Crippen LogP contribution >= 0.6 is 0 Å². The highest BCUT2D eigenvalue weighted by Crippen LogP contribution is 2.19. The van der Waals surface area contributed by atoms with Gasteiger partial charge in [0, 0.05) is 32.6 Å². The third kappa shape index (κ3) is 4.82. The molecule has 1 aliphatic heterocycles. The summed E-state index contributed by atoms with van der Waals surface area (Å²) in [5.41, 5.74) is 0. The fourth-order valence-corrected chi connectivity index (χ4v) is 2.46. The lowest BCUT2D eigenvalue weighted by Gasteiger charge is -2.32. The molecule has 1 fully saturated rings. The molecule has 0 bridgehead atoms. The maximum atomic E-state index is 12.5. The van der Waals surface area contributed by atoms with Gasteiger partial charge < -0.3 is 15.1 Å². The summed E-state index contributed by atoms with van der Waals surface area (Å²) in [6.45, 7) is 5.90. The summed E-state index contributed by atoms with van der Waals surface area (Å²) in [5.74, 6) is 0.201.